The highest BCUT2D eigenvalue weighted by molar-refractivity contribution is 7.85. The summed E-state index contributed by atoms with van der Waals surface area (Å²) in [4.78, 5) is 11.4. The van der Waals surface area contributed by atoms with Crippen LogP contribution in [-0.2, 0) is 27.3 Å². The maximum atomic E-state index is 13.6. The first kappa shape index (κ1) is 12.2. The molecule has 6 heteroatoms. The molecule has 1 aliphatic rings. The van der Waals surface area contributed by atoms with Gasteiger partial charge in [-0.1, -0.05) is 0 Å². The number of aryl methyl sites for hydroxylation is 1. The van der Waals surface area contributed by atoms with E-state index in [1.54, 1.807) is 0 Å². The third-order valence-electron chi connectivity index (χ3n) is 2.62. The fraction of sp³-hybridized carbons (Fsp3) is 0.364. The molecule has 0 saturated carbocycles. The van der Waals surface area contributed by atoms with Crippen LogP contribution in [0.3, 0.4) is 0 Å². The van der Waals surface area contributed by atoms with Crippen molar-refractivity contribution in [3.8, 4) is 0 Å². The molecule has 2 rings (SSSR count). The Balaban J connectivity index is 2.28. The molecule has 0 amide bonds. The van der Waals surface area contributed by atoms with Gasteiger partial charge in [0.1, 0.15) is 5.82 Å². The number of carbonyl (C=O) groups is 1. The standard InChI is InChI=1S/C11H11FO4S/c1-17(14,15)16-6-8-4-7-2-3-11(13)9(7)5-10(8)12/h4-5H,2-3,6H2,1H3. The highest BCUT2D eigenvalue weighted by Crippen LogP contribution is 2.25. The minimum absolute atomic E-state index is 0.0746. The third-order valence-corrected chi connectivity index (χ3v) is 3.17. The average Bonchev–Trinajstić information content (AvgIpc) is 2.56. The van der Waals surface area contributed by atoms with Gasteiger partial charge in [-0.2, -0.15) is 8.42 Å². The van der Waals surface area contributed by atoms with Crippen LogP contribution in [0.5, 0.6) is 0 Å². The first-order valence-corrected chi connectivity index (χ1v) is 6.87. The van der Waals surface area contributed by atoms with Crippen LogP contribution in [0.2, 0.25) is 0 Å². The molecule has 0 fully saturated rings. The Morgan fingerprint density at radius 2 is 2.06 bits per heavy atom. The number of hydrogen-bond acceptors (Lipinski definition) is 4. The molecule has 0 N–H and O–H groups in total. The van der Waals surface area contributed by atoms with Gasteiger partial charge in [0.05, 0.1) is 12.9 Å². The maximum Gasteiger partial charge on any atom is 0.264 e. The summed E-state index contributed by atoms with van der Waals surface area (Å²) >= 11 is 0. The highest BCUT2D eigenvalue weighted by Gasteiger charge is 2.22. The lowest BCUT2D eigenvalue weighted by molar-refractivity contribution is 0.0994. The van der Waals surface area contributed by atoms with Gasteiger partial charge in [-0.05, 0) is 24.1 Å². The Kier molecular flexibility index (Phi) is 3.01. The first-order chi connectivity index (χ1) is 7.87. The van der Waals surface area contributed by atoms with Crippen LogP contribution in [0, 0.1) is 5.82 Å². The Labute approximate surface area is 98.5 Å². The molecular weight excluding hydrogens is 247 g/mol. The molecule has 0 bridgehead atoms. The molecule has 92 valence electrons. The van der Waals surface area contributed by atoms with Crippen molar-refractivity contribution in [1.29, 1.82) is 0 Å². The molecule has 0 heterocycles. The summed E-state index contributed by atoms with van der Waals surface area (Å²) in [6, 6.07) is 2.66. The zero-order chi connectivity index (χ0) is 12.6. The van der Waals surface area contributed by atoms with Crippen molar-refractivity contribution in [1.82, 2.24) is 0 Å². The highest BCUT2D eigenvalue weighted by atomic mass is 32.2. The van der Waals surface area contributed by atoms with Gasteiger partial charge >= 0.3 is 0 Å². The summed E-state index contributed by atoms with van der Waals surface area (Å²) < 4.78 is 39.7. The van der Waals surface area contributed by atoms with Gasteiger partial charge in [0.15, 0.2) is 5.78 Å². The van der Waals surface area contributed by atoms with Crippen molar-refractivity contribution in [2.24, 2.45) is 0 Å². The Morgan fingerprint density at radius 1 is 1.35 bits per heavy atom. The predicted octanol–water partition coefficient (Wildman–Crippen LogP) is 1.43. The number of carbonyl (C=O) groups excluding carboxylic acids is 1. The summed E-state index contributed by atoms with van der Waals surface area (Å²) in [7, 11) is -3.60. The van der Waals surface area contributed by atoms with E-state index in [0.717, 1.165) is 17.9 Å². The molecule has 0 aliphatic heterocycles. The molecule has 1 aliphatic carbocycles. The lowest BCUT2D eigenvalue weighted by atomic mass is 10.1. The molecule has 1 aromatic carbocycles. The van der Waals surface area contributed by atoms with Crippen LogP contribution in [0.1, 0.15) is 27.9 Å². The van der Waals surface area contributed by atoms with Crippen molar-refractivity contribution in [3.05, 3.63) is 34.6 Å². The molecule has 0 saturated heterocycles. The quantitative estimate of drug-likeness (QED) is 0.769. The SMILES string of the molecule is CS(=O)(=O)OCc1cc2c(cc1F)C(=O)CC2. The fourth-order valence-corrected chi connectivity index (χ4v) is 2.14. The zero-order valence-electron chi connectivity index (χ0n) is 9.20. The number of fused-ring (bicyclic) bond motifs is 1. The molecule has 0 aromatic heterocycles. The minimum atomic E-state index is -3.60. The van der Waals surface area contributed by atoms with E-state index in [1.165, 1.54) is 6.07 Å². The van der Waals surface area contributed by atoms with E-state index in [-0.39, 0.29) is 18.0 Å². The van der Waals surface area contributed by atoms with Gasteiger partial charge in [-0.3, -0.25) is 8.98 Å². The normalized spacial score (nSPS) is 15.1. The van der Waals surface area contributed by atoms with Crippen LogP contribution in [0.25, 0.3) is 0 Å². The van der Waals surface area contributed by atoms with E-state index in [0.29, 0.717) is 18.4 Å². The average molecular weight is 258 g/mol. The van der Waals surface area contributed by atoms with E-state index >= 15 is 0 Å². The van der Waals surface area contributed by atoms with Crippen molar-refractivity contribution in [3.63, 3.8) is 0 Å². The van der Waals surface area contributed by atoms with Gasteiger partial charge in [0.25, 0.3) is 10.1 Å². The van der Waals surface area contributed by atoms with Crippen LogP contribution in [-0.4, -0.2) is 20.5 Å². The van der Waals surface area contributed by atoms with Gasteiger partial charge in [0, 0.05) is 17.5 Å². The molecule has 0 radical (unpaired) electrons. The molecule has 17 heavy (non-hydrogen) atoms. The summed E-state index contributed by atoms with van der Waals surface area (Å²) in [6.45, 7) is -0.341. The van der Waals surface area contributed by atoms with E-state index in [9.17, 15) is 17.6 Å². The van der Waals surface area contributed by atoms with Crippen molar-refractivity contribution in [2.75, 3.05) is 6.26 Å². The fourth-order valence-electron chi connectivity index (χ4n) is 1.80. The van der Waals surface area contributed by atoms with Crippen molar-refractivity contribution < 1.29 is 21.8 Å². The molecular formula is C11H11FO4S. The number of benzene rings is 1. The van der Waals surface area contributed by atoms with E-state index in [1.807, 2.05) is 0 Å². The van der Waals surface area contributed by atoms with E-state index in [2.05, 4.69) is 4.18 Å². The summed E-state index contributed by atoms with van der Waals surface area (Å²) in [6.07, 6.45) is 1.85. The lowest BCUT2D eigenvalue weighted by Gasteiger charge is -2.06. The number of hydrogen-bond donors (Lipinski definition) is 0. The Hall–Kier alpha value is -1.27. The molecule has 0 spiro atoms. The van der Waals surface area contributed by atoms with Crippen LogP contribution >= 0.6 is 0 Å². The van der Waals surface area contributed by atoms with Crippen molar-refractivity contribution >= 4 is 15.9 Å². The second-order valence-corrected chi connectivity index (χ2v) is 5.63. The number of halogens is 1. The van der Waals surface area contributed by atoms with E-state index < -0.39 is 15.9 Å². The van der Waals surface area contributed by atoms with E-state index in [4.69, 9.17) is 0 Å². The molecule has 4 nitrogen and oxygen atoms in total. The summed E-state index contributed by atoms with van der Waals surface area (Å²) in [5.74, 6) is -0.683. The smallest absolute Gasteiger partial charge is 0.264 e. The van der Waals surface area contributed by atoms with Gasteiger partial charge in [-0.25, -0.2) is 4.39 Å². The van der Waals surface area contributed by atoms with Crippen molar-refractivity contribution in [2.45, 2.75) is 19.4 Å². The number of Topliss-reactive ketones (excluding diaryl/α,β-unsaturated/α-hetero) is 1. The zero-order valence-corrected chi connectivity index (χ0v) is 10.0. The van der Waals surface area contributed by atoms with Gasteiger partial charge in [0.2, 0.25) is 0 Å². The topological polar surface area (TPSA) is 60.4 Å². The number of rotatable bonds is 3. The molecule has 0 atom stereocenters. The summed E-state index contributed by atoms with van der Waals surface area (Å²) in [5.41, 5.74) is 1.30. The number of ketones is 1. The third kappa shape index (κ3) is 2.70. The minimum Gasteiger partial charge on any atom is -0.294 e. The monoisotopic (exact) mass is 258 g/mol. The second kappa shape index (κ2) is 4.19. The largest absolute Gasteiger partial charge is 0.294 e. The van der Waals surface area contributed by atoms with Gasteiger partial charge < -0.3 is 0 Å². The van der Waals surface area contributed by atoms with Crippen LogP contribution in [0.15, 0.2) is 12.1 Å². The summed E-state index contributed by atoms with van der Waals surface area (Å²) in [5, 5.41) is 0. The maximum absolute atomic E-state index is 13.6. The van der Waals surface area contributed by atoms with Crippen LogP contribution in [0.4, 0.5) is 4.39 Å². The Morgan fingerprint density at radius 3 is 2.71 bits per heavy atom. The lowest BCUT2D eigenvalue weighted by Crippen LogP contribution is -2.05. The van der Waals surface area contributed by atoms with Gasteiger partial charge in [-0.15, -0.1) is 0 Å². The first-order valence-electron chi connectivity index (χ1n) is 5.06. The molecule has 1 aromatic rings. The predicted molar refractivity (Wildman–Crippen MR) is 58.7 cm³/mol. The van der Waals surface area contributed by atoms with Crippen LogP contribution < -0.4 is 0 Å². The Bertz CT molecular complexity index is 577. The second-order valence-electron chi connectivity index (χ2n) is 3.99. The molecule has 0 unspecified atom stereocenters.